The zero-order valence-corrected chi connectivity index (χ0v) is 14.4. The van der Waals surface area contributed by atoms with Crippen LogP contribution in [-0.4, -0.2) is 11.7 Å². The number of nitrogens with one attached hydrogen (secondary N) is 2. The summed E-state index contributed by atoms with van der Waals surface area (Å²) in [6, 6.07) is 10.2. The molecule has 1 aliphatic rings. The summed E-state index contributed by atoms with van der Waals surface area (Å²) in [5.41, 5.74) is 2.39. The van der Waals surface area contributed by atoms with E-state index in [0.29, 0.717) is 5.70 Å². The number of benzene rings is 1. The maximum Gasteiger partial charge on any atom is 0.412 e. The van der Waals surface area contributed by atoms with Gasteiger partial charge >= 0.3 is 6.09 Å². The summed E-state index contributed by atoms with van der Waals surface area (Å²) >= 11 is 0. The Bertz CT molecular complexity index is 677. The predicted octanol–water partition coefficient (Wildman–Crippen LogP) is 4.19. The van der Waals surface area contributed by atoms with Crippen LogP contribution in [0.4, 0.5) is 4.79 Å². The third-order valence-corrected chi connectivity index (χ3v) is 3.09. The molecule has 4 heteroatoms. The molecule has 2 rings (SSSR count). The first-order valence-corrected chi connectivity index (χ1v) is 7.97. The third kappa shape index (κ3) is 6.57. The Balaban J connectivity index is 1.89. The second kappa shape index (κ2) is 8.20. The molecule has 0 heterocycles. The number of carbonyl (C=O) groups excluding carboxylic acids is 1. The van der Waals surface area contributed by atoms with Crippen molar-refractivity contribution in [2.75, 3.05) is 0 Å². The minimum atomic E-state index is -0.514. The van der Waals surface area contributed by atoms with Crippen molar-refractivity contribution in [1.82, 2.24) is 10.6 Å². The Morgan fingerprint density at radius 1 is 1.00 bits per heavy atom. The van der Waals surface area contributed by atoms with E-state index in [1.165, 1.54) is 5.56 Å². The zero-order valence-electron chi connectivity index (χ0n) is 14.4. The van der Waals surface area contributed by atoms with Gasteiger partial charge in [-0.25, -0.2) is 4.79 Å². The Kier molecular flexibility index (Phi) is 6.01. The van der Waals surface area contributed by atoms with Crippen LogP contribution in [0.25, 0.3) is 0 Å². The molecule has 0 spiro atoms. The fraction of sp³-hybridized carbons (Fsp3) is 0.250. The van der Waals surface area contributed by atoms with Gasteiger partial charge in [-0.15, -0.1) is 0 Å². The Morgan fingerprint density at radius 2 is 1.62 bits per heavy atom. The van der Waals surface area contributed by atoms with Crippen LogP contribution in [0.1, 0.15) is 26.3 Å². The van der Waals surface area contributed by atoms with Crippen molar-refractivity contribution < 1.29 is 9.53 Å². The van der Waals surface area contributed by atoms with E-state index < -0.39 is 11.7 Å². The van der Waals surface area contributed by atoms with E-state index in [1.54, 1.807) is 0 Å². The lowest BCUT2D eigenvalue weighted by molar-refractivity contribution is 0.0548. The van der Waals surface area contributed by atoms with Crippen molar-refractivity contribution in [3.8, 4) is 0 Å². The summed E-state index contributed by atoms with van der Waals surface area (Å²) in [6.45, 7) is 6.27. The number of rotatable bonds is 4. The van der Waals surface area contributed by atoms with Gasteiger partial charge in [-0.1, -0.05) is 42.5 Å². The van der Waals surface area contributed by atoms with Gasteiger partial charge in [0.2, 0.25) is 0 Å². The third-order valence-electron chi connectivity index (χ3n) is 3.09. The Labute approximate surface area is 143 Å². The van der Waals surface area contributed by atoms with E-state index in [1.807, 2.05) is 75.4 Å². The number of ether oxygens (including phenoxy) is 1. The average molecular weight is 324 g/mol. The second-order valence-electron chi connectivity index (χ2n) is 6.43. The molecule has 0 radical (unpaired) electrons. The summed E-state index contributed by atoms with van der Waals surface area (Å²) in [5.74, 6) is 0. The highest BCUT2D eigenvalue weighted by Gasteiger charge is 2.16. The van der Waals surface area contributed by atoms with E-state index in [2.05, 4.69) is 22.8 Å². The van der Waals surface area contributed by atoms with Crippen molar-refractivity contribution in [3.05, 3.63) is 83.7 Å². The van der Waals surface area contributed by atoms with Crippen molar-refractivity contribution in [1.29, 1.82) is 0 Å². The molecule has 4 nitrogen and oxygen atoms in total. The minimum absolute atomic E-state index is 0.459. The molecule has 0 saturated carbocycles. The molecule has 0 fully saturated rings. The molecule has 0 unspecified atom stereocenters. The Morgan fingerprint density at radius 3 is 2.29 bits per heavy atom. The van der Waals surface area contributed by atoms with Crippen molar-refractivity contribution in [2.24, 2.45) is 0 Å². The van der Waals surface area contributed by atoms with E-state index in [9.17, 15) is 4.79 Å². The van der Waals surface area contributed by atoms with E-state index in [0.717, 1.165) is 12.2 Å². The van der Waals surface area contributed by atoms with Gasteiger partial charge in [-0.3, -0.25) is 5.32 Å². The van der Waals surface area contributed by atoms with Crippen LogP contribution >= 0.6 is 0 Å². The highest BCUT2D eigenvalue weighted by molar-refractivity contribution is 5.71. The molecule has 1 aromatic carbocycles. The van der Waals surface area contributed by atoms with Gasteiger partial charge in [0.15, 0.2) is 0 Å². The van der Waals surface area contributed by atoms with Crippen LogP contribution in [0.15, 0.2) is 78.2 Å². The maximum absolute atomic E-state index is 11.8. The predicted molar refractivity (Wildman–Crippen MR) is 97.1 cm³/mol. The summed E-state index contributed by atoms with van der Waals surface area (Å²) in [4.78, 5) is 11.8. The monoisotopic (exact) mass is 324 g/mol. The molecular weight excluding hydrogens is 300 g/mol. The highest BCUT2D eigenvalue weighted by atomic mass is 16.6. The SMILES string of the molecule is CC(C)(C)OC(=O)NC1=CC=CC(NCc2ccccc2)=CC=C1. The molecule has 1 aromatic rings. The van der Waals surface area contributed by atoms with Crippen LogP contribution in [0.2, 0.25) is 0 Å². The minimum Gasteiger partial charge on any atom is -0.444 e. The number of amides is 1. The van der Waals surface area contributed by atoms with Gasteiger partial charge in [0, 0.05) is 17.9 Å². The number of carbonyl (C=O) groups is 1. The summed E-state index contributed by atoms with van der Waals surface area (Å²) in [5, 5.41) is 6.10. The lowest BCUT2D eigenvalue weighted by atomic mass is 10.2. The summed E-state index contributed by atoms with van der Waals surface area (Å²) < 4.78 is 5.24. The maximum atomic E-state index is 11.8. The van der Waals surface area contributed by atoms with Crippen LogP contribution in [0.3, 0.4) is 0 Å². The highest BCUT2D eigenvalue weighted by Crippen LogP contribution is 2.09. The van der Waals surface area contributed by atoms with E-state index >= 15 is 0 Å². The van der Waals surface area contributed by atoms with Crippen LogP contribution < -0.4 is 10.6 Å². The largest absolute Gasteiger partial charge is 0.444 e. The standard InChI is InChI=1S/C20H24N2O2/c1-20(2,3)24-19(23)22-18-13-7-11-17(12-8-14-18)21-15-16-9-5-4-6-10-16/h4-14,21H,15H2,1-3H3,(H,22,23). The van der Waals surface area contributed by atoms with Crippen LogP contribution in [-0.2, 0) is 11.3 Å². The molecular formula is C20H24N2O2. The van der Waals surface area contributed by atoms with E-state index in [-0.39, 0.29) is 0 Å². The Hall–Kier alpha value is -2.75. The number of hydrogen-bond donors (Lipinski definition) is 2. The molecule has 0 saturated heterocycles. The first kappa shape index (κ1) is 17.6. The molecule has 0 bridgehead atoms. The topological polar surface area (TPSA) is 50.4 Å². The fourth-order valence-electron chi connectivity index (χ4n) is 2.04. The summed E-state index contributed by atoms with van der Waals surface area (Å²) in [7, 11) is 0. The van der Waals surface area contributed by atoms with Gasteiger partial charge in [0.05, 0.1) is 0 Å². The van der Waals surface area contributed by atoms with Crippen molar-refractivity contribution >= 4 is 6.09 Å². The molecule has 0 aliphatic heterocycles. The molecule has 0 atom stereocenters. The smallest absolute Gasteiger partial charge is 0.412 e. The lowest BCUT2D eigenvalue weighted by Crippen LogP contribution is -2.31. The van der Waals surface area contributed by atoms with Crippen LogP contribution in [0.5, 0.6) is 0 Å². The fourth-order valence-corrected chi connectivity index (χ4v) is 2.04. The molecule has 126 valence electrons. The molecule has 0 aromatic heterocycles. The van der Waals surface area contributed by atoms with Crippen LogP contribution in [0, 0.1) is 0 Å². The van der Waals surface area contributed by atoms with Gasteiger partial charge in [-0.05, 0) is 50.6 Å². The molecule has 24 heavy (non-hydrogen) atoms. The van der Waals surface area contributed by atoms with Gasteiger partial charge in [0.1, 0.15) is 5.60 Å². The lowest BCUT2D eigenvalue weighted by Gasteiger charge is -2.20. The quantitative estimate of drug-likeness (QED) is 0.873. The molecule has 2 N–H and O–H groups in total. The normalized spacial score (nSPS) is 14.1. The van der Waals surface area contributed by atoms with E-state index in [4.69, 9.17) is 4.74 Å². The van der Waals surface area contributed by atoms with Gasteiger partial charge in [-0.2, -0.15) is 0 Å². The number of alkyl carbamates (subject to hydrolysis) is 1. The average Bonchev–Trinajstić information content (AvgIpc) is 2.48. The molecule has 1 amide bonds. The zero-order chi connectivity index (χ0) is 17.4. The number of hydrogen-bond acceptors (Lipinski definition) is 3. The second-order valence-corrected chi connectivity index (χ2v) is 6.43. The van der Waals surface area contributed by atoms with Gasteiger partial charge < -0.3 is 10.1 Å². The van der Waals surface area contributed by atoms with Crippen molar-refractivity contribution in [3.63, 3.8) is 0 Å². The summed E-state index contributed by atoms with van der Waals surface area (Å²) in [6.07, 6.45) is 10.9. The van der Waals surface area contributed by atoms with Gasteiger partial charge in [0.25, 0.3) is 0 Å². The molecule has 1 aliphatic carbocycles. The first-order chi connectivity index (χ1) is 11.4. The first-order valence-electron chi connectivity index (χ1n) is 7.97. The van der Waals surface area contributed by atoms with Crippen molar-refractivity contribution in [2.45, 2.75) is 32.9 Å². The number of allylic oxidation sites excluding steroid dienone is 6.